The van der Waals surface area contributed by atoms with Gasteiger partial charge in [0.05, 0.1) is 22.9 Å². The maximum absolute atomic E-state index is 6.28. The van der Waals surface area contributed by atoms with Crippen LogP contribution in [-0.2, 0) is 11.4 Å². The van der Waals surface area contributed by atoms with Crippen molar-refractivity contribution in [1.82, 2.24) is 10.5 Å². The van der Waals surface area contributed by atoms with E-state index in [-0.39, 0.29) is 5.60 Å². The Bertz CT molecular complexity index is 514. The minimum atomic E-state index is -0.210. The van der Waals surface area contributed by atoms with Gasteiger partial charge in [-0.05, 0) is 26.8 Å². The quantitative estimate of drug-likeness (QED) is 0.819. The van der Waals surface area contributed by atoms with Crippen molar-refractivity contribution in [3.63, 3.8) is 0 Å². The van der Waals surface area contributed by atoms with Gasteiger partial charge in [-0.2, -0.15) is 5.48 Å². The third-order valence-electron chi connectivity index (χ3n) is 2.34. The number of halogens is 1. The molecule has 0 aliphatic rings. The average molecular weight is 253 g/mol. The molecule has 0 saturated carbocycles. The summed E-state index contributed by atoms with van der Waals surface area (Å²) in [6.45, 7) is 6.54. The fraction of sp³-hybridized carbons (Fsp3) is 0.385. The lowest BCUT2D eigenvalue weighted by atomic mass is 10.2. The second-order valence-corrected chi connectivity index (χ2v) is 5.38. The van der Waals surface area contributed by atoms with Crippen molar-refractivity contribution in [3.05, 3.63) is 35.0 Å². The van der Waals surface area contributed by atoms with Crippen molar-refractivity contribution >= 4 is 22.5 Å². The van der Waals surface area contributed by atoms with E-state index < -0.39 is 0 Å². The highest BCUT2D eigenvalue weighted by atomic mass is 35.5. The Morgan fingerprint density at radius 1 is 1.29 bits per heavy atom. The second kappa shape index (κ2) is 4.69. The summed E-state index contributed by atoms with van der Waals surface area (Å²) in [5, 5.41) is 1.80. The summed E-state index contributed by atoms with van der Waals surface area (Å²) in [5.41, 5.74) is 4.71. The van der Waals surface area contributed by atoms with Gasteiger partial charge in [-0.3, -0.25) is 4.84 Å². The van der Waals surface area contributed by atoms with Crippen LogP contribution in [0.25, 0.3) is 10.9 Å². The Morgan fingerprint density at radius 2 is 2.00 bits per heavy atom. The summed E-state index contributed by atoms with van der Waals surface area (Å²) in [6, 6.07) is 7.97. The van der Waals surface area contributed by atoms with Gasteiger partial charge in [-0.15, -0.1) is 0 Å². The molecule has 0 radical (unpaired) electrons. The lowest BCUT2D eigenvalue weighted by Crippen LogP contribution is -2.28. The molecule has 0 spiro atoms. The van der Waals surface area contributed by atoms with E-state index in [0.29, 0.717) is 6.54 Å². The van der Waals surface area contributed by atoms with Crippen LogP contribution < -0.4 is 5.48 Å². The number of rotatable bonds is 3. The van der Waals surface area contributed by atoms with Crippen LogP contribution in [0.3, 0.4) is 0 Å². The third kappa shape index (κ3) is 3.00. The molecule has 2 N–H and O–H groups in total. The van der Waals surface area contributed by atoms with Gasteiger partial charge < -0.3 is 4.98 Å². The molecule has 1 aromatic heterocycles. The number of hydrogen-bond donors (Lipinski definition) is 2. The molecule has 92 valence electrons. The van der Waals surface area contributed by atoms with Gasteiger partial charge in [0.1, 0.15) is 0 Å². The molecule has 2 aromatic rings. The minimum absolute atomic E-state index is 0.210. The van der Waals surface area contributed by atoms with Crippen molar-refractivity contribution in [3.8, 4) is 0 Å². The average Bonchev–Trinajstić information content (AvgIpc) is 2.55. The van der Waals surface area contributed by atoms with Crippen LogP contribution in [0.4, 0.5) is 0 Å². The molecule has 4 heteroatoms. The summed E-state index contributed by atoms with van der Waals surface area (Å²) >= 11 is 6.28. The molecular formula is C13H17ClN2O. The number of hydroxylamine groups is 1. The predicted molar refractivity (Wildman–Crippen MR) is 71.0 cm³/mol. The number of nitrogens with one attached hydrogen (secondary N) is 2. The van der Waals surface area contributed by atoms with E-state index in [0.717, 1.165) is 21.6 Å². The fourth-order valence-electron chi connectivity index (χ4n) is 1.61. The van der Waals surface area contributed by atoms with E-state index in [4.69, 9.17) is 16.4 Å². The first kappa shape index (κ1) is 12.4. The highest BCUT2D eigenvalue weighted by molar-refractivity contribution is 6.36. The summed E-state index contributed by atoms with van der Waals surface area (Å²) in [7, 11) is 0. The van der Waals surface area contributed by atoms with Crippen molar-refractivity contribution < 1.29 is 4.84 Å². The van der Waals surface area contributed by atoms with Crippen LogP contribution in [-0.4, -0.2) is 10.6 Å². The monoisotopic (exact) mass is 252 g/mol. The zero-order valence-electron chi connectivity index (χ0n) is 10.3. The van der Waals surface area contributed by atoms with Gasteiger partial charge in [-0.1, -0.05) is 29.8 Å². The van der Waals surface area contributed by atoms with Crippen LogP contribution in [0.2, 0.25) is 5.02 Å². The molecule has 17 heavy (non-hydrogen) atoms. The van der Waals surface area contributed by atoms with Gasteiger partial charge in [0.25, 0.3) is 0 Å². The van der Waals surface area contributed by atoms with Gasteiger partial charge in [0, 0.05) is 10.9 Å². The number of aromatic nitrogens is 1. The topological polar surface area (TPSA) is 37.0 Å². The first-order valence-electron chi connectivity index (χ1n) is 5.63. The molecule has 3 nitrogen and oxygen atoms in total. The number of benzene rings is 1. The van der Waals surface area contributed by atoms with E-state index in [1.54, 1.807) is 0 Å². The minimum Gasteiger partial charge on any atom is -0.356 e. The van der Waals surface area contributed by atoms with Crippen molar-refractivity contribution in [2.45, 2.75) is 32.9 Å². The molecule has 0 atom stereocenters. The van der Waals surface area contributed by atoms with Gasteiger partial charge in [0.15, 0.2) is 0 Å². The Labute approximate surface area is 106 Å². The van der Waals surface area contributed by atoms with E-state index >= 15 is 0 Å². The number of H-pyrrole nitrogens is 1. The zero-order valence-corrected chi connectivity index (χ0v) is 11.1. The predicted octanol–water partition coefficient (Wildman–Crippen LogP) is 3.64. The molecule has 2 rings (SSSR count). The molecule has 0 aliphatic heterocycles. The van der Waals surface area contributed by atoms with Crippen molar-refractivity contribution in [1.29, 1.82) is 0 Å². The lowest BCUT2D eigenvalue weighted by molar-refractivity contribution is -0.0760. The van der Waals surface area contributed by atoms with E-state index in [1.165, 1.54) is 0 Å². The summed E-state index contributed by atoms with van der Waals surface area (Å²) in [6.07, 6.45) is 0. The Morgan fingerprint density at radius 3 is 2.65 bits per heavy atom. The molecule has 0 aliphatic carbocycles. The first-order chi connectivity index (χ1) is 7.97. The van der Waals surface area contributed by atoms with Crippen molar-refractivity contribution in [2.75, 3.05) is 0 Å². The number of fused-ring (bicyclic) bond motifs is 1. The SMILES string of the molecule is CC(C)(C)ONCc1[nH]c2ccccc2c1Cl. The van der Waals surface area contributed by atoms with Crippen LogP contribution in [0, 0.1) is 0 Å². The summed E-state index contributed by atoms with van der Waals surface area (Å²) in [4.78, 5) is 8.73. The maximum atomic E-state index is 6.28. The Balaban J connectivity index is 2.11. The maximum Gasteiger partial charge on any atom is 0.0813 e. The molecule has 1 heterocycles. The molecule has 0 fully saturated rings. The van der Waals surface area contributed by atoms with E-state index in [2.05, 4.69) is 10.5 Å². The van der Waals surface area contributed by atoms with Crippen LogP contribution >= 0.6 is 11.6 Å². The van der Waals surface area contributed by atoms with Gasteiger partial charge in [0.2, 0.25) is 0 Å². The molecule has 0 saturated heterocycles. The molecular weight excluding hydrogens is 236 g/mol. The van der Waals surface area contributed by atoms with Crippen LogP contribution in [0.15, 0.2) is 24.3 Å². The normalized spacial score (nSPS) is 12.2. The zero-order chi connectivity index (χ0) is 12.5. The third-order valence-corrected chi connectivity index (χ3v) is 2.77. The Kier molecular flexibility index (Phi) is 3.43. The van der Waals surface area contributed by atoms with Gasteiger partial charge in [-0.25, -0.2) is 0 Å². The summed E-state index contributed by atoms with van der Waals surface area (Å²) in [5.74, 6) is 0. The van der Waals surface area contributed by atoms with Gasteiger partial charge >= 0.3 is 0 Å². The Hall–Kier alpha value is -1.03. The molecule has 1 aromatic carbocycles. The second-order valence-electron chi connectivity index (χ2n) is 5.00. The first-order valence-corrected chi connectivity index (χ1v) is 6.01. The lowest BCUT2D eigenvalue weighted by Gasteiger charge is -2.19. The molecule has 0 unspecified atom stereocenters. The van der Waals surface area contributed by atoms with Crippen LogP contribution in [0.1, 0.15) is 26.5 Å². The standard InChI is InChI=1S/C13H17ClN2O/c1-13(2,3)17-15-8-11-12(14)9-6-4-5-7-10(9)16-11/h4-7,15-16H,8H2,1-3H3. The number of hydrogen-bond acceptors (Lipinski definition) is 2. The van der Waals surface area contributed by atoms with E-state index in [9.17, 15) is 0 Å². The van der Waals surface area contributed by atoms with Crippen LogP contribution in [0.5, 0.6) is 0 Å². The van der Waals surface area contributed by atoms with E-state index in [1.807, 2.05) is 45.0 Å². The highest BCUT2D eigenvalue weighted by Gasteiger charge is 2.12. The smallest absolute Gasteiger partial charge is 0.0813 e. The summed E-state index contributed by atoms with van der Waals surface area (Å²) < 4.78 is 0. The largest absolute Gasteiger partial charge is 0.356 e. The molecule has 0 bridgehead atoms. The van der Waals surface area contributed by atoms with Crippen molar-refractivity contribution in [2.24, 2.45) is 0 Å². The highest BCUT2D eigenvalue weighted by Crippen LogP contribution is 2.27. The fourth-order valence-corrected chi connectivity index (χ4v) is 1.89. The number of para-hydroxylation sites is 1. The number of aromatic amines is 1. The molecule has 0 amide bonds.